The molecule has 6 heteroatoms. The van der Waals surface area contributed by atoms with E-state index in [9.17, 15) is 10.1 Å². The lowest BCUT2D eigenvalue weighted by Crippen LogP contribution is -2.27. The van der Waals surface area contributed by atoms with Crippen molar-refractivity contribution < 1.29 is 9.66 Å². The molecule has 1 fully saturated rings. The molecule has 19 heavy (non-hydrogen) atoms. The number of methoxy groups -OCH3 is 1. The van der Waals surface area contributed by atoms with E-state index in [0.29, 0.717) is 12.3 Å². The Morgan fingerprint density at radius 1 is 1.42 bits per heavy atom. The molecule has 0 amide bonds. The highest BCUT2D eigenvalue weighted by Gasteiger charge is 2.15. The Hall–Kier alpha value is -1.66. The Morgan fingerprint density at radius 3 is 3.00 bits per heavy atom. The highest BCUT2D eigenvalue weighted by atomic mass is 16.6. The Balaban J connectivity index is 2.16. The molecule has 1 saturated heterocycles. The summed E-state index contributed by atoms with van der Waals surface area (Å²) in [6, 6.07) is 4.76. The van der Waals surface area contributed by atoms with Gasteiger partial charge in [0.15, 0.2) is 0 Å². The Morgan fingerprint density at radius 2 is 2.26 bits per heavy atom. The quantitative estimate of drug-likeness (QED) is 0.658. The van der Waals surface area contributed by atoms with E-state index in [2.05, 4.69) is 10.2 Å². The van der Waals surface area contributed by atoms with E-state index in [4.69, 9.17) is 4.74 Å². The van der Waals surface area contributed by atoms with Gasteiger partial charge in [0.05, 0.1) is 12.0 Å². The van der Waals surface area contributed by atoms with Gasteiger partial charge in [-0.1, -0.05) is 0 Å². The summed E-state index contributed by atoms with van der Waals surface area (Å²) < 4.78 is 5.29. The van der Waals surface area contributed by atoms with Gasteiger partial charge in [-0.2, -0.15) is 0 Å². The molecule has 0 saturated carbocycles. The second-order valence-corrected chi connectivity index (χ2v) is 4.63. The molecule has 0 atom stereocenters. The summed E-state index contributed by atoms with van der Waals surface area (Å²) in [4.78, 5) is 12.8. The zero-order valence-electron chi connectivity index (χ0n) is 11.1. The van der Waals surface area contributed by atoms with Gasteiger partial charge in [0, 0.05) is 37.3 Å². The lowest BCUT2D eigenvalue weighted by atomic mass is 10.1. The molecule has 1 aromatic rings. The van der Waals surface area contributed by atoms with Gasteiger partial charge < -0.3 is 10.1 Å². The van der Waals surface area contributed by atoms with Crippen LogP contribution in [0.15, 0.2) is 18.2 Å². The van der Waals surface area contributed by atoms with Crippen LogP contribution in [0.1, 0.15) is 12.0 Å². The van der Waals surface area contributed by atoms with Crippen molar-refractivity contribution >= 4 is 5.69 Å². The van der Waals surface area contributed by atoms with Crippen molar-refractivity contribution in [3.05, 3.63) is 33.9 Å². The smallest absolute Gasteiger partial charge is 0.270 e. The van der Waals surface area contributed by atoms with Crippen molar-refractivity contribution in [2.45, 2.75) is 13.0 Å². The van der Waals surface area contributed by atoms with Crippen molar-refractivity contribution in [1.29, 1.82) is 0 Å². The van der Waals surface area contributed by atoms with Gasteiger partial charge in [-0.15, -0.1) is 0 Å². The van der Waals surface area contributed by atoms with E-state index in [-0.39, 0.29) is 10.6 Å². The third-order valence-electron chi connectivity index (χ3n) is 3.30. The van der Waals surface area contributed by atoms with E-state index in [1.54, 1.807) is 19.2 Å². The van der Waals surface area contributed by atoms with Gasteiger partial charge in [-0.25, -0.2) is 0 Å². The number of nitrogens with one attached hydrogen (secondary N) is 1. The number of ether oxygens (including phenoxy) is 1. The molecular weight excluding hydrogens is 246 g/mol. The van der Waals surface area contributed by atoms with Crippen LogP contribution >= 0.6 is 0 Å². The maximum atomic E-state index is 10.8. The monoisotopic (exact) mass is 265 g/mol. The first-order valence-corrected chi connectivity index (χ1v) is 6.45. The van der Waals surface area contributed by atoms with Crippen molar-refractivity contribution in [2.24, 2.45) is 0 Å². The molecule has 0 aromatic heterocycles. The number of nitrogens with zero attached hydrogens (tertiary/aromatic N) is 2. The van der Waals surface area contributed by atoms with E-state index >= 15 is 0 Å². The summed E-state index contributed by atoms with van der Waals surface area (Å²) in [5, 5.41) is 14.2. The number of benzene rings is 1. The molecule has 1 aliphatic heterocycles. The van der Waals surface area contributed by atoms with Gasteiger partial charge in [-0.05, 0) is 25.6 Å². The summed E-state index contributed by atoms with van der Waals surface area (Å²) in [6.07, 6.45) is 1.09. The fourth-order valence-corrected chi connectivity index (χ4v) is 2.30. The van der Waals surface area contributed by atoms with Crippen LogP contribution in [0.2, 0.25) is 0 Å². The van der Waals surface area contributed by atoms with Gasteiger partial charge in [0.2, 0.25) is 0 Å². The molecule has 104 valence electrons. The zero-order valence-corrected chi connectivity index (χ0v) is 11.1. The van der Waals surface area contributed by atoms with Crippen LogP contribution in [0.3, 0.4) is 0 Å². The molecular formula is C13H19N3O3. The van der Waals surface area contributed by atoms with Crippen molar-refractivity contribution in [1.82, 2.24) is 10.2 Å². The minimum atomic E-state index is -0.368. The zero-order chi connectivity index (χ0) is 13.7. The SMILES string of the molecule is COc1ccc([N+](=O)[O-])cc1CN1CCCNCC1. The number of hydrogen-bond acceptors (Lipinski definition) is 5. The van der Waals surface area contributed by atoms with Gasteiger partial charge in [0.1, 0.15) is 5.75 Å². The van der Waals surface area contributed by atoms with Gasteiger partial charge >= 0.3 is 0 Å². The largest absolute Gasteiger partial charge is 0.496 e. The first-order valence-electron chi connectivity index (χ1n) is 6.45. The second kappa shape index (κ2) is 6.49. The first-order chi connectivity index (χ1) is 9.20. The third-order valence-corrected chi connectivity index (χ3v) is 3.30. The molecule has 0 bridgehead atoms. The number of rotatable bonds is 4. The third kappa shape index (κ3) is 3.65. The number of nitro groups is 1. The molecule has 0 spiro atoms. The summed E-state index contributed by atoms with van der Waals surface area (Å²) in [7, 11) is 1.59. The first kappa shape index (κ1) is 13.8. The number of nitro benzene ring substituents is 1. The topological polar surface area (TPSA) is 67.6 Å². The molecule has 2 rings (SSSR count). The average molecular weight is 265 g/mol. The number of non-ortho nitro benzene ring substituents is 1. The normalized spacial score (nSPS) is 16.9. The lowest BCUT2D eigenvalue weighted by Gasteiger charge is -2.20. The molecule has 1 aliphatic rings. The molecule has 0 radical (unpaired) electrons. The van der Waals surface area contributed by atoms with Crippen LogP contribution < -0.4 is 10.1 Å². The summed E-state index contributed by atoms with van der Waals surface area (Å²) in [5.74, 6) is 0.711. The van der Waals surface area contributed by atoms with E-state index in [1.807, 2.05) is 0 Å². The second-order valence-electron chi connectivity index (χ2n) is 4.63. The van der Waals surface area contributed by atoms with Gasteiger partial charge in [0.25, 0.3) is 5.69 Å². The standard InChI is InChI=1S/C13H19N3O3/c1-19-13-4-3-12(16(17)18)9-11(13)10-15-7-2-5-14-6-8-15/h3-4,9,14H,2,5-8,10H2,1H3. The van der Waals surface area contributed by atoms with E-state index < -0.39 is 0 Å². The Kier molecular flexibility index (Phi) is 4.70. The van der Waals surface area contributed by atoms with Crippen molar-refractivity contribution in [3.8, 4) is 5.75 Å². The maximum Gasteiger partial charge on any atom is 0.270 e. The van der Waals surface area contributed by atoms with Crippen molar-refractivity contribution in [2.75, 3.05) is 33.3 Å². The summed E-state index contributed by atoms with van der Waals surface area (Å²) >= 11 is 0. The minimum absolute atomic E-state index is 0.115. The predicted molar refractivity (Wildman–Crippen MR) is 72.4 cm³/mol. The predicted octanol–water partition coefficient (Wildman–Crippen LogP) is 1.40. The molecule has 1 aromatic carbocycles. The molecule has 6 nitrogen and oxygen atoms in total. The van der Waals surface area contributed by atoms with Crippen molar-refractivity contribution in [3.63, 3.8) is 0 Å². The Bertz CT molecular complexity index is 443. The maximum absolute atomic E-state index is 10.8. The van der Waals surface area contributed by atoms with Gasteiger partial charge in [-0.3, -0.25) is 15.0 Å². The minimum Gasteiger partial charge on any atom is -0.496 e. The molecule has 0 aliphatic carbocycles. The fraction of sp³-hybridized carbons (Fsp3) is 0.538. The molecule has 0 unspecified atom stereocenters. The molecule has 1 N–H and O–H groups in total. The highest BCUT2D eigenvalue weighted by Crippen LogP contribution is 2.25. The summed E-state index contributed by atoms with van der Waals surface area (Å²) in [6.45, 7) is 4.62. The number of hydrogen-bond donors (Lipinski definition) is 1. The van der Waals surface area contributed by atoms with E-state index in [1.165, 1.54) is 6.07 Å². The van der Waals surface area contributed by atoms with Crippen LogP contribution in [-0.2, 0) is 6.54 Å². The Labute approximate surface area is 112 Å². The van der Waals surface area contributed by atoms with Crippen LogP contribution in [-0.4, -0.2) is 43.1 Å². The molecule has 1 heterocycles. The van der Waals surface area contributed by atoms with Crippen LogP contribution in [0.25, 0.3) is 0 Å². The van der Waals surface area contributed by atoms with Crippen LogP contribution in [0.4, 0.5) is 5.69 Å². The lowest BCUT2D eigenvalue weighted by molar-refractivity contribution is -0.384. The van der Waals surface area contributed by atoms with E-state index in [0.717, 1.165) is 38.2 Å². The van der Waals surface area contributed by atoms with Crippen LogP contribution in [0, 0.1) is 10.1 Å². The fourth-order valence-electron chi connectivity index (χ4n) is 2.30. The average Bonchev–Trinajstić information content (AvgIpc) is 2.67. The van der Waals surface area contributed by atoms with Crippen LogP contribution in [0.5, 0.6) is 5.75 Å². The highest BCUT2D eigenvalue weighted by molar-refractivity contribution is 5.43. The summed E-state index contributed by atoms with van der Waals surface area (Å²) in [5.41, 5.74) is 0.988.